The highest BCUT2D eigenvalue weighted by Crippen LogP contribution is 2.33. The van der Waals surface area contributed by atoms with Gasteiger partial charge in [0.25, 0.3) is 0 Å². The molecular formula is C27H24ClFN8O2. The van der Waals surface area contributed by atoms with Crippen LogP contribution in [0, 0.1) is 11.7 Å². The van der Waals surface area contributed by atoms with Gasteiger partial charge in [-0.15, -0.1) is 0 Å². The Labute approximate surface area is 227 Å². The summed E-state index contributed by atoms with van der Waals surface area (Å²) in [5.74, 6) is 1.69. The van der Waals surface area contributed by atoms with E-state index in [9.17, 15) is 14.0 Å². The van der Waals surface area contributed by atoms with Crippen molar-refractivity contribution in [2.24, 2.45) is 5.92 Å². The highest BCUT2D eigenvalue weighted by molar-refractivity contribution is 6.29. The summed E-state index contributed by atoms with van der Waals surface area (Å²) >= 11 is 5.95. The van der Waals surface area contributed by atoms with Gasteiger partial charge >= 0.3 is 0 Å². The number of hydrogen-bond donors (Lipinski definition) is 2. The fourth-order valence-corrected chi connectivity index (χ4v) is 4.44. The Morgan fingerprint density at radius 3 is 2.33 bits per heavy atom. The molecule has 4 heterocycles. The van der Waals surface area contributed by atoms with Crippen LogP contribution in [-0.2, 0) is 6.42 Å². The molecule has 0 amide bonds. The normalized spacial score (nSPS) is 14.6. The second-order valence-corrected chi connectivity index (χ2v) is 10.1. The molecule has 2 N–H and O–H groups in total. The highest BCUT2D eigenvalue weighted by Gasteiger charge is 2.24. The molecule has 0 saturated heterocycles. The Bertz CT molecular complexity index is 1690. The van der Waals surface area contributed by atoms with E-state index in [1.54, 1.807) is 27.2 Å². The molecule has 5 aromatic rings. The van der Waals surface area contributed by atoms with Crippen LogP contribution in [0.4, 0.5) is 21.7 Å². The molecule has 198 valence electrons. The lowest BCUT2D eigenvalue weighted by molar-refractivity contribution is 0.111. The minimum absolute atomic E-state index is 0.328. The summed E-state index contributed by atoms with van der Waals surface area (Å²) in [5, 5.41) is 15.2. The number of rotatable bonds is 8. The molecule has 0 unspecified atom stereocenters. The number of aldehydes is 2. The van der Waals surface area contributed by atoms with Gasteiger partial charge in [-0.05, 0) is 62.3 Å². The van der Waals surface area contributed by atoms with Gasteiger partial charge in [0, 0.05) is 23.5 Å². The van der Waals surface area contributed by atoms with Crippen molar-refractivity contribution in [3.8, 4) is 0 Å². The summed E-state index contributed by atoms with van der Waals surface area (Å²) in [6.07, 6.45) is 10.2. The van der Waals surface area contributed by atoms with Crippen LogP contribution in [-0.4, -0.2) is 47.8 Å². The quantitative estimate of drug-likeness (QED) is 0.203. The minimum atomic E-state index is -0.328. The van der Waals surface area contributed by atoms with Gasteiger partial charge in [-0.2, -0.15) is 14.7 Å². The first-order valence-corrected chi connectivity index (χ1v) is 13.0. The van der Waals surface area contributed by atoms with E-state index in [-0.39, 0.29) is 5.82 Å². The van der Waals surface area contributed by atoms with E-state index in [2.05, 4.69) is 30.8 Å². The lowest BCUT2D eigenvalue weighted by Gasteiger charge is -2.11. The number of hydrogen-bond acceptors (Lipinski definition) is 8. The van der Waals surface area contributed by atoms with E-state index < -0.39 is 0 Å². The molecule has 2 aliphatic rings. The van der Waals surface area contributed by atoms with Crippen LogP contribution in [0.3, 0.4) is 0 Å². The number of anilines is 3. The van der Waals surface area contributed by atoms with Crippen molar-refractivity contribution in [1.29, 1.82) is 0 Å². The van der Waals surface area contributed by atoms with E-state index in [0.717, 1.165) is 49.3 Å². The van der Waals surface area contributed by atoms with E-state index in [4.69, 9.17) is 11.6 Å². The average molecular weight is 547 g/mol. The smallest absolute Gasteiger partial charge is 0.170 e. The monoisotopic (exact) mass is 546 g/mol. The molecule has 0 spiro atoms. The Hall–Kier alpha value is -4.38. The number of fused-ring (bicyclic) bond motifs is 2. The fraction of sp³-hybridized carbons (Fsp3) is 0.259. The van der Waals surface area contributed by atoms with Crippen molar-refractivity contribution in [2.75, 3.05) is 10.6 Å². The van der Waals surface area contributed by atoms with Crippen molar-refractivity contribution in [2.45, 2.75) is 38.1 Å². The molecule has 1 aromatic carbocycles. The van der Waals surface area contributed by atoms with Crippen LogP contribution < -0.4 is 10.6 Å². The van der Waals surface area contributed by atoms with Gasteiger partial charge in [0.1, 0.15) is 22.6 Å². The van der Waals surface area contributed by atoms with Crippen LogP contribution in [0.2, 0.25) is 5.15 Å². The molecule has 0 radical (unpaired) electrons. The van der Waals surface area contributed by atoms with Crippen molar-refractivity contribution >= 4 is 52.8 Å². The standard InChI is InChI=1S/C16H14FN5O.C11H10ClN3O/c17-11-2-1-3-13(6-11)19-14-7-15(20-12-4-5-12)22-16(21-14)10(9-23)8-18-22;12-10-4-9(3-7-1-2-7)15-11(14-10)8(6-16)5-13-15/h1-3,6-9,12,20H,4-5H2,(H,19,21);4-7H,1-3H2. The van der Waals surface area contributed by atoms with Gasteiger partial charge in [0.2, 0.25) is 0 Å². The van der Waals surface area contributed by atoms with Crippen molar-refractivity contribution in [1.82, 2.24) is 29.2 Å². The molecule has 0 bridgehead atoms. The SMILES string of the molecule is O=Cc1cnn2c(CC3CC3)cc(Cl)nc12.O=Cc1cnn2c(NC3CC3)cc(Nc3cccc(F)c3)nc12. The Balaban J connectivity index is 0.000000151. The summed E-state index contributed by atoms with van der Waals surface area (Å²) in [7, 11) is 0. The van der Waals surface area contributed by atoms with Gasteiger partial charge in [-0.1, -0.05) is 17.7 Å². The third-order valence-electron chi connectivity index (χ3n) is 6.52. The highest BCUT2D eigenvalue weighted by atomic mass is 35.5. The molecule has 0 aliphatic heterocycles. The Morgan fingerprint density at radius 2 is 1.67 bits per heavy atom. The van der Waals surface area contributed by atoms with Crippen LogP contribution in [0.25, 0.3) is 11.3 Å². The van der Waals surface area contributed by atoms with Gasteiger partial charge in [-0.25, -0.2) is 18.9 Å². The van der Waals surface area contributed by atoms with Gasteiger partial charge in [-0.3, -0.25) is 9.59 Å². The van der Waals surface area contributed by atoms with Gasteiger partial charge in [0.15, 0.2) is 23.9 Å². The lowest BCUT2D eigenvalue weighted by atomic mass is 10.2. The molecule has 0 atom stereocenters. The predicted octanol–water partition coefficient (Wildman–Crippen LogP) is 5.15. The molecular weight excluding hydrogens is 523 g/mol. The lowest BCUT2D eigenvalue weighted by Crippen LogP contribution is -2.09. The summed E-state index contributed by atoms with van der Waals surface area (Å²) in [5.41, 5.74) is 3.53. The van der Waals surface area contributed by atoms with Gasteiger partial charge < -0.3 is 10.6 Å². The molecule has 2 saturated carbocycles. The summed E-state index contributed by atoms with van der Waals surface area (Å²) in [4.78, 5) is 30.5. The van der Waals surface area contributed by atoms with Crippen LogP contribution in [0.1, 0.15) is 52.1 Å². The maximum absolute atomic E-state index is 13.3. The predicted molar refractivity (Wildman–Crippen MR) is 145 cm³/mol. The van der Waals surface area contributed by atoms with Crippen molar-refractivity contribution in [3.63, 3.8) is 0 Å². The number of carbonyl (C=O) groups is 2. The molecule has 39 heavy (non-hydrogen) atoms. The molecule has 4 aromatic heterocycles. The van der Waals surface area contributed by atoms with E-state index in [0.29, 0.717) is 45.1 Å². The van der Waals surface area contributed by atoms with Crippen LogP contribution in [0.5, 0.6) is 0 Å². The second-order valence-electron chi connectivity index (χ2n) is 9.70. The maximum atomic E-state index is 13.3. The minimum Gasteiger partial charge on any atom is -0.367 e. The van der Waals surface area contributed by atoms with Gasteiger partial charge in [0.05, 0.1) is 23.5 Å². The topological polar surface area (TPSA) is 119 Å². The number of aromatic nitrogens is 6. The second kappa shape index (κ2) is 10.4. The molecule has 12 heteroatoms. The number of nitrogens with one attached hydrogen (secondary N) is 2. The zero-order valence-corrected chi connectivity index (χ0v) is 21.5. The van der Waals surface area contributed by atoms with E-state index >= 15 is 0 Å². The molecule has 7 rings (SSSR count). The number of carbonyl (C=O) groups excluding carboxylic acids is 2. The summed E-state index contributed by atoms with van der Waals surface area (Å²) in [6, 6.07) is 10.2. The molecule has 10 nitrogen and oxygen atoms in total. The number of nitrogens with zero attached hydrogens (tertiary/aromatic N) is 6. The average Bonchev–Trinajstić information content (AvgIpc) is 3.83. The summed E-state index contributed by atoms with van der Waals surface area (Å²) < 4.78 is 16.6. The number of halogens is 2. The van der Waals surface area contributed by atoms with E-state index in [1.807, 2.05) is 6.07 Å². The number of benzene rings is 1. The van der Waals surface area contributed by atoms with Crippen molar-refractivity contribution in [3.05, 3.63) is 76.6 Å². The largest absolute Gasteiger partial charge is 0.367 e. The first-order valence-electron chi connectivity index (χ1n) is 12.6. The maximum Gasteiger partial charge on any atom is 0.170 e. The molecule has 2 aliphatic carbocycles. The van der Waals surface area contributed by atoms with Crippen LogP contribution >= 0.6 is 11.6 Å². The van der Waals surface area contributed by atoms with Crippen molar-refractivity contribution < 1.29 is 14.0 Å². The van der Waals surface area contributed by atoms with Crippen LogP contribution in [0.15, 0.2) is 48.8 Å². The zero-order valence-electron chi connectivity index (χ0n) is 20.7. The summed E-state index contributed by atoms with van der Waals surface area (Å²) in [6.45, 7) is 0. The third-order valence-corrected chi connectivity index (χ3v) is 6.71. The third kappa shape index (κ3) is 5.58. The zero-order chi connectivity index (χ0) is 26.9. The Morgan fingerprint density at radius 1 is 0.949 bits per heavy atom. The first-order chi connectivity index (χ1) is 19.0. The van der Waals surface area contributed by atoms with E-state index in [1.165, 1.54) is 37.4 Å². The Kier molecular flexibility index (Phi) is 6.65. The molecule has 2 fully saturated rings. The fourth-order valence-electron chi connectivity index (χ4n) is 4.24. The first kappa shape index (κ1) is 24.9.